The minimum absolute atomic E-state index is 0.0771. The molecule has 2 aromatic carbocycles. The molecule has 0 radical (unpaired) electrons. The third-order valence-electron chi connectivity index (χ3n) is 4.43. The average molecular weight is 370 g/mol. The summed E-state index contributed by atoms with van der Waals surface area (Å²) in [6, 6.07) is 10.6. The number of aromatic nitrogens is 3. The molecule has 0 unspecified atom stereocenters. The van der Waals surface area contributed by atoms with Gasteiger partial charge < -0.3 is 10.1 Å². The Morgan fingerprint density at radius 2 is 2.00 bits per heavy atom. The van der Waals surface area contributed by atoms with Crippen LogP contribution in [0.3, 0.4) is 0 Å². The van der Waals surface area contributed by atoms with Crippen molar-refractivity contribution in [1.82, 2.24) is 15.0 Å². The number of nitrogens with one attached hydrogen (secondary N) is 1. The first kappa shape index (κ1) is 17.3. The number of anilines is 1. The summed E-state index contributed by atoms with van der Waals surface area (Å²) in [7, 11) is 0. The predicted molar refractivity (Wildman–Crippen MR) is 93.0 cm³/mol. The zero-order valence-corrected chi connectivity index (χ0v) is 14.4. The van der Waals surface area contributed by atoms with Crippen molar-refractivity contribution in [3.05, 3.63) is 76.6 Å². The fourth-order valence-electron chi connectivity index (χ4n) is 2.97. The van der Waals surface area contributed by atoms with Crippen LogP contribution in [0.1, 0.15) is 33.4 Å². The largest absolute Gasteiger partial charge is 0.365 e. The molecule has 0 fully saturated rings. The number of hydrogen-bond donors (Lipinski definition) is 1. The molecule has 1 N–H and O–H groups in total. The van der Waals surface area contributed by atoms with E-state index < -0.39 is 11.7 Å². The molecule has 0 aliphatic carbocycles. The number of rotatable bonds is 3. The van der Waals surface area contributed by atoms with E-state index in [4.69, 9.17) is 4.74 Å². The topological polar surface area (TPSA) is 69.0 Å². The standard InChI is InChI=1S/C19H16F2N4O2/c1-11-2-7-15(14(21)8-11)22-19(26)18-16-10-27-17(9-25(16)24-23-18)12-3-5-13(20)6-4-12/h2-8,17H,9-10H2,1H3,(H,22,26)/t17-/m1/s1. The molecule has 3 aromatic rings. The highest BCUT2D eigenvalue weighted by atomic mass is 19.1. The summed E-state index contributed by atoms with van der Waals surface area (Å²) in [4.78, 5) is 12.5. The molecule has 1 aliphatic heterocycles. The highest BCUT2D eigenvalue weighted by Gasteiger charge is 2.28. The number of aryl methyl sites for hydroxylation is 1. The molecule has 8 heteroatoms. The van der Waals surface area contributed by atoms with Crippen molar-refractivity contribution in [2.24, 2.45) is 0 Å². The molecule has 1 atom stereocenters. The van der Waals surface area contributed by atoms with Gasteiger partial charge in [0.2, 0.25) is 0 Å². The third kappa shape index (κ3) is 3.43. The lowest BCUT2D eigenvalue weighted by Gasteiger charge is -2.24. The van der Waals surface area contributed by atoms with Crippen molar-refractivity contribution in [3.8, 4) is 0 Å². The molecule has 27 heavy (non-hydrogen) atoms. The van der Waals surface area contributed by atoms with Crippen molar-refractivity contribution in [2.75, 3.05) is 5.32 Å². The van der Waals surface area contributed by atoms with Gasteiger partial charge in [0.15, 0.2) is 5.69 Å². The number of nitrogens with zero attached hydrogens (tertiary/aromatic N) is 3. The van der Waals surface area contributed by atoms with Crippen LogP contribution in [0.2, 0.25) is 0 Å². The van der Waals surface area contributed by atoms with Gasteiger partial charge in [-0.3, -0.25) is 4.79 Å². The maximum absolute atomic E-state index is 14.0. The molecule has 1 aliphatic rings. The fourth-order valence-corrected chi connectivity index (χ4v) is 2.97. The van der Waals surface area contributed by atoms with Crippen molar-refractivity contribution < 1.29 is 18.3 Å². The number of carbonyl (C=O) groups excluding carboxylic acids is 1. The smallest absolute Gasteiger partial charge is 0.278 e. The Labute approximate surface area is 153 Å². The number of hydrogen-bond acceptors (Lipinski definition) is 4. The molecular weight excluding hydrogens is 354 g/mol. The Kier molecular flexibility index (Phi) is 4.41. The summed E-state index contributed by atoms with van der Waals surface area (Å²) in [5, 5.41) is 10.4. The number of amides is 1. The number of benzene rings is 2. The highest BCUT2D eigenvalue weighted by Crippen LogP contribution is 2.27. The van der Waals surface area contributed by atoms with E-state index in [1.54, 1.807) is 29.8 Å². The summed E-state index contributed by atoms with van der Waals surface area (Å²) in [5.74, 6) is -1.39. The Bertz CT molecular complexity index is 1000. The maximum atomic E-state index is 14.0. The Morgan fingerprint density at radius 1 is 1.22 bits per heavy atom. The van der Waals surface area contributed by atoms with Gasteiger partial charge in [-0.25, -0.2) is 13.5 Å². The quantitative estimate of drug-likeness (QED) is 0.767. The molecule has 1 amide bonds. The summed E-state index contributed by atoms with van der Waals surface area (Å²) in [6.45, 7) is 2.23. The lowest BCUT2D eigenvalue weighted by Crippen LogP contribution is -2.24. The van der Waals surface area contributed by atoms with Gasteiger partial charge in [0.25, 0.3) is 5.91 Å². The van der Waals surface area contributed by atoms with E-state index >= 15 is 0 Å². The van der Waals surface area contributed by atoms with Crippen LogP contribution in [-0.4, -0.2) is 20.9 Å². The molecule has 138 valence electrons. The van der Waals surface area contributed by atoms with Gasteiger partial charge in [0, 0.05) is 0 Å². The van der Waals surface area contributed by atoms with Gasteiger partial charge in [-0.2, -0.15) is 0 Å². The lowest BCUT2D eigenvalue weighted by atomic mass is 10.1. The second-order valence-corrected chi connectivity index (χ2v) is 6.36. The Balaban J connectivity index is 1.52. The van der Waals surface area contributed by atoms with E-state index in [-0.39, 0.29) is 29.9 Å². The second kappa shape index (κ2) is 6.88. The normalized spacial score (nSPS) is 16.0. The first-order valence-electron chi connectivity index (χ1n) is 8.38. The van der Waals surface area contributed by atoms with Gasteiger partial charge in [0.05, 0.1) is 24.5 Å². The van der Waals surface area contributed by atoms with Crippen LogP contribution in [-0.2, 0) is 17.9 Å². The van der Waals surface area contributed by atoms with Crippen LogP contribution < -0.4 is 5.32 Å². The molecular formula is C19H16F2N4O2. The summed E-state index contributed by atoms with van der Waals surface area (Å²) in [5.41, 5.74) is 2.25. The number of halogens is 2. The van der Waals surface area contributed by atoms with Crippen LogP contribution in [0.4, 0.5) is 14.5 Å². The number of ether oxygens (including phenoxy) is 1. The highest BCUT2D eigenvalue weighted by molar-refractivity contribution is 6.03. The minimum Gasteiger partial charge on any atom is -0.365 e. The summed E-state index contributed by atoms with van der Waals surface area (Å²) in [6.07, 6.45) is -0.315. The molecule has 0 bridgehead atoms. The maximum Gasteiger partial charge on any atom is 0.278 e. The monoisotopic (exact) mass is 370 g/mol. The van der Waals surface area contributed by atoms with Crippen molar-refractivity contribution in [2.45, 2.75) is 26.2 Å². The lowest BCUT2D eigenvalue weighted by molar-refractivity contribution is -0.00174. The zero-order valence-electron chi connectivity index (χ0n) is 14.4. The molecule has 6 nitrogen and oxygen atoms in total. The third-order valence-corrected chi connectivity index (χ3v) is 4.43. The first-order valence-corrected chi connectivity index (χ1v) is 8.38. The summed E-state index contributed by atoms with van der Waals surface area (Å²) < 4.78 is 34.4. The van der Waals surface area contributed by atoms with Gasteiger partial charge in [-0.1, -0.05) is 23.4 Å². The molecule has 1 aromatic heterocycles. The van der Waals surface area contributed by atoms with E-state index in [2.05, 4.69) is 15.6 Å². The number of fused-ring (bicyclic) bond motifs is 1. The van der Waals surface area contributed by atoms with E-state index in [1.807, 2.05) is 0 Å². The second-order valence-electron chi connectivity index (χ2n) is 6.36. The van der Waals surface area contributed by atoms with Gasteiger partial charge in [0.1, 0.15) is 17.7 Å². The van der Waals surface area contributed by atoms with E-state index in [1.165, 1.54) is 24.3 Å². The van der Waals surface area contributed by atoms with Crippen molar-refractivity contribution in [3.63, 3.8) is 0 Å². The number of carbonyl (C=O) groups is 1. The summed E-state index contributed by atoms with van der Waals surface area (Å²) >= 11 is 0. The SMILES string of the molecule is Cc1ccc(NC(=O)c2nnn3c2CO[C@@H](c2ccc(F)cc2)C3)c(F)c1. The Morgan fingerprint density at radius 3 is 2.74 bits per heavy atom. The molecule has 0 saturated heterocycles. The van der Waals surface area contributed by atoms with Crippen LogP contribution in [0.5, 0.6) is 0 Å². The minimum atomic E-state index is -0.553. The van der Waals surface area contributed by atoms with Crippen LogP contribution >= 0.6 is 0 Å². The van der Waals surface area contributed by atoms with Crippen LogP contribution in [0, 0.1) is 18.6 Å². The predicted octanol–water partition coefficient (Wildman–Crippen LogP) is 3.39. The molecule has 4 rings (SSSR count). The van der Waals surface area contributed by atoms with E-state index in [0.29, 0.717) is 12.2 Å². The van der Waals surface area contributed by atoms with Gasteiger partial charge in [-0.15, -0.1) is 5.10 Å². The Hall–Kier alpha value is -3.13. The van der Waals surface area contributed by atoms with Gasteiger partial charge in [-0.05, 0) is 42.3 Å². The molecule has 2 heterocycles. The van der Waals surface area contributed by atoms with Crippen LogP contribution in [0.15, 0.2) is 42.5 Å². The van der Waals surface area contributed by atoms with Crippen molar-refractivity contribution in [1.29, 1.82) is 0 Å². The molecule has 0 saturated carbocycles. The van der Waals surface area contributed by atoms with Crippen molar-refractivity contribution >= 4 is 11.6 Å². The van der Waals surface area contributed by atoms with E-state index in [9.17, 15) is 13.6 Å². The molecule has 0 spiro atoms. The average Bonchev–Trinajstić information content (AvgIpc) is 3.08. The van der Waals surface area contributed by atoms with E-state index in [0.717, 1.165) is 11.1 Å². The fraction of sp³-hybridized carbons (Fsp3) is 0.211. The first-order chi connectivity index (χ1) is 13.0. The van der Waals surface area contributed by atoms with Gasteiger partial charge >= 0.3 is 0 Å². The zero-order chi connectivity index (χ0) is 19.0. The van der Waals surface area contributed by atoms with Crippen LogP contribution in [0.25, 0.3) is 0 Å².